The molecule has 0 fully saturated rings. The van der Waals surface area contributed by atoms with Crippen molar-refractivity contribution in [3.05, 3.63) is 198 Å². The van der Waals surface area contributed by atoms with Crippen LogP contribution in [0.1, 0.15) is 29.7 Å². The van der Waals surface area contributed by atoms with E-state index >= 15 is 0 Å². The minimum absolute atomic E-state index is 0.308. The van der Waals surface area contributed by atoms with Crippen LogP contribution in [0.5, 0.6) is 0 Å². The summed E-state index contributed by atoms with van der Waals surface area (Å²) in [6.45, 7) is 0. The Morgan fingerprint density at radius 1 is 0.537 bits per heavy atom. The molecule has 0 radical (unpaired) electrons. The maximum Gasteiger partial charge on any atom is 0.0586 e. The highest BCUT2D eigenvalue weighted by atomic mass is 15.3. The molecule has 11 rings (SSSR count). The fourth-order valence-corrected chi connectivity index (χ4v) is 8.30. The molecule has 3 atom stereocenters. The highest BCUT2D eigenvalue weighted by molar-refractivity contribution is 6.50. The fraction of sp³-hybridized carbons (Fsp3) is 0.0638. The molecule has 0 aliphatic carbocycles. The molecule has 54 heavy (non-hydrogen) atoms. The van der Waals surface area contributed by atoms with Crippen LogP contribution in [0.15, 0.2) is 186 Å². The standard InChI is InChI=1S/C47H33N7/c1-3-15-31(16-4-1)44-50-45(36-23-13-17-30-14-7-8-20-33(30)36)52-46(51-44)39-26-27-48-47(49-39)54-41-25-12-10-22-35(41)38-28-37-34-21-9-11-24-40(34)53(42(37)29-43(38)54)32-18-5-2-6-19-32/h1-29,44-45,47,50H/q-2. The average molecular weight is 696 g/mol. The zero-order valence-electron chi connectivity index (χ0n) is 29.2. The number of para-hydroxylation sites is 3. The van der Waals surface area contributed by atoms with Gasteiger partial charge in [-0.15, -0.1) is 0 Å². The second-order valence-corrected chi connectivity index (χ2v) is 13.8. The van der Waals surface area contributed by atoms with Gasteiger partial charge in [0.05, 0.1) is 28.6 Å². The molecule has 7 aromatic carbocycles. The summed E-state index contributed by atoms with van der Waals surface area (Å²) in [5.41, 5.74) is 8.44. The molecule has 3 unspecified atom stereocenters. The first-order valence-electron chi connectivity index (χ1n) is 18.3. The Morgan fingerprint density at radius 3 is 2.04 bits per heavy atom. The summed E-state index contributed by atoms with van der Waals surface area (Å²) in [7, 11) is 0. The van der Waals surface area contributed by atoms with Gasteiger partial charge in [-0.1, -0.05) is 133 Å². The zero-order chi connectivity index (χ0) is 35.6. The number of nitrogens with zero attached hydrogens (tertiary/aromatic N) is 6. The van der Waals surface area contributed by atoms with Crippen molar-refractivity contribution in [2.24, 2.45) is 9.98 Å². The van der Waals surface area contributed by atoms with Gasteiger partial charge in [-0.25, -0.2) is 0 Å². The van der Waals surface area contributed by atoms with Crippen molar-refractivity contribution in [2.45, 2.75) is 18.6 Å². The lowest BCUT2D eigenvalue weighted by molar-refractivity contribution is 0.492. The van der Waals surface area contributed by atoms with Gasteiger partial charge >= 0.3 is 0 Å². The van der Waals surface area contributed by atoms with Gasteiger partial charge in [0.25, 0.3) is 0 Å². The van der Waals surface area contributed by atoms with Crippen LogP contribution in [-0.2, 0) is 0 Å². The highest BCUT2D eigenvalue weighted by Gasteiger charge is 2.22. The molecule has 9 aromatic rings. The van der Waals surface area contributed by atoms with Crippen LogP contribution in [0.3, 0.4) is 0 Å². The molecule has 2 aromatic heterocycles. The minimum atomic E-state index is -0.557. The zero-order valence-corrected chi connectivity index (χ0v) is 29.2. The van der Waals surface area contributed by atoms with Crippen molar-refractivity contribution in [1.82, 2.24) is 14.5 Å². The van der Waals surface area contributed by atoms with E-state index in [9.17, 15) is 0 Å². The van der Waals surface area contributed by atoms with Crippen LogP contribution >= 0.6 is 0 Å². The van der Waals surface area contributed by atoms with E-state index in [0.29, 0.717) is 11.5 Å². The van der Waals surface area contributed by atoms with E-state index in [1.54, 1.807) is 0 Å². The number of amidine groups is 1. The maximum absolute atomic E-state index is 5.34. The second kappa shape index (κ2) is 12.3. The number of hydrogen-bond donors (Lipinski definition) is 1. The number of benzene rings is 7. The lowest BCUT2D eigenvalue weighted by atomic mass is 10.0. The maximum atomic E-state index is 5.34. The van der Waals surface area contributed by atoms with E-state index in [-0.39, 0.29) is 12.3 Å². The quantitative estimate of drug-likeness (QED) is 0.191. The van der Waals surface area contributed by atoms with Gasteiger partial charge in [0.15, 0.2) is 0 Å². The summed E-state index contributed by atoms with van der Waals surface area (Å²) >= 11 is 0. The van der Waals surface area contributed by atoms with Crippen LogP contribution in [0.4, 0.5) is 0 Å². The summed E-state index contributed by atoms with van der Waals surface area (Å²) in [4.78, 5) is 10.6. The van der Waals surface area contributed by atoms with Gasteiger partial charge in [0, 0.05) is 45.1 Å². The predicted molar refractivity (Wildman–Crippen MR) is 223 cm³/mol. The summed E-state index contributed by atoms with van der Waals surface area (Å²) < 4.78 is 4.62. The van der Waals surface area contributed by atoms with E-state index < -0.39 is 6.29 Å². The Hall–Kier alpha value is -6.96. The summed E-state index contributed by atoms with van der Waals surface area (Å²) in [5, 5.41) is 21.0. The van der Waals surface area contributed by atoms with Crippen LogP contribution in [0.2, 0.25) is 0 Å². The van der Waals surface area contributed by atoms with Gasteiger partial charge in [0.2, 0.25) is 0 Å². The third kappa shape index (κ3) is 4.86. The molecule has 7 nitrogen and oxygen atoms in total. The molecule has 1 N–H and O–H groups in total. The Kier molecular flexibility index (Phi) is 7.00. The normalized spacial score (nSPS) is 18.6. The molecule has 0 saturated carbocycles. The van der Waals surface area contributed by atoms with Crippen LogP contribution in [0.25, 0.3) is 70.7 Å². The highest BCUT2D eigenvalue weighted by Crippen LogP contribution is 2.42. The summed E-state index contributed by atoms with van der Waals surface area (Å²) in [6, 6.07) is 57.7. The number of nitrogens with one attached hydrogen (secondary N) is 1. The SMILES string of the molecule is C1=CC(C2=NC(c3cccc4ccccc34)NC(c3ccccc3)[N-]2)=NC(n2c3ccccc3c3cc4c5ccccc5n(-c5ccccc5)c4cc32)[N-]1. The van der Waals surface area contributed by atoms with Crippen LogP contribution < -0.4 is 5.32 Å². The molecule has 7 heteroatoms. The molecular formula is C47H33N7-2. The molecule has 2 aliphatic heterocycles. The smallest absolute Gasteiger partial charge is 0.0586 e. The van der Waals surface area contributed by atoms with Crippen molar-refractivity contribution in [3.63, 3.8) is 0 Å². The molecule has 4 heterocycles. The third-order valence-corrected chi connectivity index (χ3v) is 10.7. The number of hydrogen-bond acceptors (Lipinski definition) is 3. The third-order valence-electron chi connectivity index (χ3n) is 10.7. The van der Waals surface area contributed by atoms with Crippen molar-refractivity contribution in [2.75, 3.05) is 0 Å². The largest absolute Gasteiger partial charge is 0.652 e. The Balaban J connectivity index is 1.09. The monoisotopic (exact) mass is 695 g/mol. The molecule has 0 spiro atoms. The average Bonchev–Trinajstić information content (AvgIpc) is 3.75. The van der Waals surface area contributed by atoms with Crippen molar-refractivity contribution in [1.29, 1.82) is 0 Å². The molecule has 0 amide bonds. The van der Waals surface area contributed by atoms with E-state index in [2.05, 4.69) is 160 Å². The second-order valence-electron chi connectivity index (χ2n) is 13.8. The number of aliphatic imine (C=N–C) groups is 2. The van der Waals surface area contributed by atoms with E-state index in [1.807, 2.05) is 30.5 Å². The van der Waals surface area contributed by atoms with Gasteiger partial charge in [-0.2, -0.15) is 6.20 Å². The molecular weight excluding hydrogens is 663 g/mol. The molecule has 2 aliphatic rings. The van der Waals surface area contributed by atoms with Gasteiger partial charge in [-0.3, -0.25) is 4.99 Å². The molecule has 258 valence electrons. The Bertz CT molecular complexity index is 2980. The Morgan fingerprint density at radius 2 is 1.20 bits per heavy atom. The lowest BCUT2D eigenvalue weighted by Gasteiger charge is -2.42. The first-order chi connectivity index (χ1) is 26.8. The number of fused-ring (bicyclic) bond motifs is 7. The van der Waals surface area contributed by atoms with Gasteiger partial charge in [-0.05, 0) is 64.1 Å². The first kappa shape index (κ1) is 30.6. The van der Waals surface area contributed by atoms with Gasteiger partial charge in [0.1, 0.15) is 0 Å². The predicted octanol–water partition coefficient (Wildman–Crippen LogP) is 11.6. The number of aromatic nitrogens is 2. The Labute approximate surface area is 311 Å². The number of rotatable bonds is 5. The van der Waals surface area contributed by atoms with Crippen molar-refractivity contribution < 1.29 is 0 Å². The minimum Gasteiger partial charge on any atom is -0.652 e. The summed E-state index contributed by atoms with van der Waals surface area (Å²) in [5.74, 6) is 0.601. The lowest BCUT2D eigenvalue weighted by Crippen LogP contribution is -2.34. The molecule has 0 bridgehead atoms. The fourth-order valence-electron chi connectivity index (χ4n) is 8.30. The topological polar surface area (TPSA) is 74.8 Å². The van der Waals surface area contributed by atoms with Crippen molar-refractivity contribution in [3.8, 4) is 5.69 Å². The van der Waals surface area contributed by atoms with Crippen molar-refractivity contribution >= 4 is 65.9 Å². The van der Waals surface area contributed by atoms with Crippen LogP contribution in [0, 0.1) is 0 Å². The first-order valence-corrected chi connectivity index (χ1v) is 18.3. The van der Waals surface area contributed by atoms with E-state index in [0.717, 1.165) is 44.1 Å². The summed E-state index contributed by atoms with van der Waals surface area (Å²) in [6.07, 6.45) is 2.60. The van der Waals surface area contributed by atoms with Gasteiger partial charge < -0.3 is 30.1 Å². The van der Waals surface area contributed by atoms with E-state index in [4.69, 9.17) is 20.6 Å². The van der Waals surface area contributed by atoms with Crippen LogP contribution in [-0.4, -0.2) is 20.7 Å². The molecule has 0 saturated heterocycles. The van der Waals surface area contributed by atoms with E-state index in [1.165, 1.54) is 27.1 Å².